The Morgan fingerprint density at radius 3 is 2.59 bits per heavy atom. The number of ether oxygens (including phenoxy) is 1. The monoisotopic (exact) mass is 428 g/mol. The summed E-state index contributed by atoms with van der Waals surface area (Å²) in [5.41, 5.74) is 1.18. The molecule has 1 aromatic carbocycles. The van der Waals surface area contributed by atoms with Gasteiger partial charge in [0.2, 0.25) is 0 Å². The third-order valence-electron chi connectivity index (χ3n) is 4.61. The molecule has 1 aromatic heterocycles. The lowest BCUT2D eigenvalue weighted by Gasteiger charge is -2.30. The first kappa shape index (κ1) is 19.5. The summed E-state index contributed by atoms with van der Waals surface area (Å²) < 4.78 is 5.39. The van der Waals surface area contributed by atoms with Gasteiger partial charge >= 0.3 is 0 Å². The van der Waals surface area contributed by atoms with E-state index in [0.717, 1.165) is 0 Å². The van der Waals surface area contributed by atoms with Gasteiger partial charge in [0, 0.05) is 29.9 Å². The average Bonchev–Trinajstić information content (AvgIpc) is 2.73. The first-order chi connectivity index (χ1) is 14.0. The van der Waals surface area contributed by atoms with Crippen LogP contribution < -0.4 is 15.1 Å². The lowest BCUT2D eigenvalue weighted by atomic mass is 10.1. The number of rotatable bonds is 3. The average molecular weight is 429 g/mol. The van der Waals surface area contributed by atoms with E-state index in [1.165, 1.54) is 4.90 Å². The summed E-state index contributed by atoms with van der Waals surface area (Å²) in [6, 6.07) is 10.2. The van der Waals surface area contributed by atoms with Crippen LogP contribution in [0.3, 0.4) is 0 Å². The number of morpholine rings is 1. The van der Waals surface area contributed by atoms with Crippen molar-refractivity contribution in [1.82, 2.24) is 10.3 Å². The summed E-state index contributed by atoms with van der Waals surface area (Å²) in [7, 11) is 0. The van der Waals surface area contributed by atoms with Crippen LogP contribution in [0.2, 0.25) is 5.02 Å². The SMILES string of the molecule is O=C1NC(=S)N(c2ccc(Cl)cc2)C(=O)C1=Cc1cccnc1N1CCOCC1. The molecule has 0 radical (unpaired) electrons. The number of nitrogens with zero attached hydrogens (tertiary/aromatic N) is 3. The molecule has 1 N–H and O–H groups in total. The van der Waals surface area contributed by atoms with Gasteiger partial charge < -0.3 is 9.64 Å². The minimum Gasteiger partial charge on any atom is -0.378 e. The van der Waals surface area contributed by atoms with Crippen molar-refractivity contribution in [3.05, 3.63) is 58.8 Å². The standard InChI is InChI=1S/C20H17ClN4O3S/c21-14-3-5-15(6-4-14)25-19(27)16(18(26)23-20(25)29)12-13-2-1-7-22-17(13)24-8-10-28-11-9-24/h1-7,12H,8-11H2,(H,23,26,29). The van der Waals surface area contributed by atoms with Gasteiger partial charge in [0.25, 0.3) is 11.8 Å². The van der Waals surface area contributed by atoms with Gasteiger partial charge in [-0.1, -0.05) is 11.6 Å². The molecule has 0 bridgehead atoms. The highest BCUT2D eigenvalue weighted by molar-refractivity contribution is 7.80. The third kappa shape index (κ3) is 4.00. The molecule has 148 valence electrons. The van der Waals surface area contributed by atoms with Gasteiger partial charge in [-0.05, 0) is 54.7 Å². The van der Waals surface area contributed by atoms with E-state index < -0.39 is 11.8 Å². The molecule has 0 atom stereocenters. The largest absolute Gasteiger partial charge is 0.378 e. The number of pyridine rings is 1. The molecule has 0 saturated carbocycles. The summed E-state index contributed by atoms with van der Waals surface area (Å²) in [5, 5.41) is 3.15. The third-order valence-corrected chi connectivity index (χ3v) is 5.15. The molecule has 2 aliphatic rings. The number of amides is 2. The lowest BCUT2D eigenvalue weighted by Crippen LogP contribution is -2.54. The van der Waals surface area contributed by atoms with Gasteiger partial charge in [-0.15, -0.1) is 0 Å². The smallest absolute Gasteiger partial charge is 0.270 e. The highest BCUT2D eigenvalue weighted by Crippen LogP contribution is 2.26. The minimum absolute atomic E-state index is 0.0175. The first-order valence-corrected chi connectivity index (χ1v) is 9.78. The molecular weight excluding hydrogens is 412 g/mol. The summed E-state index contributed by atoms with van der Waals surface area (Å²) in [6.45, 7) is 2.58. The Hall–Kier alpha value is -2.81. The van der Waals surface area contributed by atoms with Crippen LogP contribution in [0.4, 0.5) is 11.5 Å². The van der Waals surface area contributed by atoms with E-state index in [0.29, 0.717) is 48.4 Å². The number of aromatic nitrogens is 1. The normalized spacial score (nSPS) is 18.9. The number of hydrogen-bond donors (Lipinski definition) is 1. The van der Waals surface area contributed by atoms with Crippen molar-refractivity contribution in [2.45, 2.75) is 0 Å². The molecular formula is C20H17ClN4O3S. The fourth-order valence-electron chi connectivity index (χ4n) is 3.20. The van der Waals surface area contributed by atoms with Crippen LogP contribution in [-0.4, -0.2) is 48.2 Å². The van der Waals surface area contributed by atoms with Gasteiger partial charge in [0.15, 0.2) is 5.11 Å². The van der Waals surface area contributed by atoms with Crippen LogP contribution in [-0.2, 0) is 14.3 Å². The van der Waals surface area contributed by atoms with E-state index >= 15 is 0 Å². The van der Waals surface area contributed by atoms with Crippen LogP contribution in [0.25, 0.3) is 6.08 Å². The molecule has 29 heavy (non-hydrogen) atoms. The second-order valence-corrected chi connectivity index (χ2v) is 7.27. The Balaban J connectivity index is 1.71. The number of anilines is 2. The number of hydrogen-bond acceptors (Lipinski definition) is 6. The lowest BCUT2D eigenvalue weighted by molar-refractivity contribution is -0.122. The van der Waals surface area contributed by atoms with Crippen molar-refractivity contribution < 1.29 is 14.3 Å². The molecule has 4 rings (SSSR count). The zero-order chi connectivity index (χ0) is 20.4. The quantitative estimate of drug-likeness (QED) is 0.459. The Kier molecular flexibility index (Phi) is 5.57. The van der Waals surface area contributed by atoms with E-state index in [2.05, 4.69) is 15.2 Å². The number of carbonyl (C=O) groups is 2. The van der Waals surface area contributed by atoms with Crippen molar-refractivity contribution in [2.24, 2.45) is 0 Å². The van der Waals surface area contributed by atoms with Gasteiger partial charge in [-0.3, -0.25) is 19.8 Å². The highest BCUT2D eigenvalue weighted by Gasteiger charge is 2.34. The van der Waals surface area contributed by atoms with E-state index in [-0.39, 0.29) is 10.7 Å². The number of nitrogens with one attached hydrogen (secondary N) is 1. The number of carbonyl (C=O) groups excluding carboxylic acids is 2. The number of benzene rings is 1. The highest BCUT2D eigenvalue weighted by atomic mass is 35.5. The van der Waals surface area contributed by atoms with Gasteiger partial charge in [-0.2, -0.15) is 0 Å². The molecule has 9 heteroatoms. The Morgan fingerprint density at radius 2 is 1.86 bits per heavy atom. The molecule has 2 saturated heterocycles. The van der Waals surface area contributed by atoms with Gasteiger partial charge in [0.05, 0.1) is 18.9 Å². The molecule has 2 aliphatic heterocycles. The maximum Gasteiger partial charge on any atom is 0.270 e. The fraction of sp³-hybridized carbons (Fsp3) is 0.200. The Morgan fingerprint density at radius 1 is 1.14 bits per heavy atom. The molecule has 3 heterocycles. The summed E-state index contributed by atoms with van der Waals surface area (Å²) >= 11 is 11.2. The summed E-state index contributed by atoms with van der Waals surface area (Å²) in [5.74, 6) is -0.338. The minimum atomic E-state index is -0.540. The predicted octanol–water partition coefficient (Wildman–Crippen LogP) is 2.40. The zero-order valence-corrected chi connectivity index (χ0v) is 16.9. The Labute approximate surface area is 177 Å². The van der Waals surface area contributed by atoms with Gasteiger partial charge in [0.1, 0.15) is 11.4 Å². The van der Waals surface area contributed by atoms with Crippen molar-refractivity contribution in [3.8, 4) is 0 Å². The van der Waals surface area contributed by atoms with Crippen molar-refractivity contribution in [1.29, 1.82) is 0 Å². The fourth-order valence-corrected chi connectivity index (χ4v) is 3.61. The van der Waals surface area contributed by atoms with Crippen molar-refractivity contribution in [2.75, 3.05) is 36.1 Å². The van der Waals surface area contributed by atoms with E-state index in [4.69, 9.17) is 28.6 Å². The van der Waals surface area contributed by atoms with Crippen LogP contribution in [0, 0.1) is 0 Å². The molecule has 2 fully saturated rings. The molecule has 2 amide bonds. The predicted molar refractivity (Wildman–Crippen MR) is 115 cm³/mol. The van der Waals surface area contributed by atoms with E-state index in [9.17, 15) is 9.59 Å². The number of halogens is 1. The molecule has 2 aromatic rings. The van der Waals surface area contributed by atoms with E-state index in [1.54, 1.807) is 42.6 Å². The van der Waals surface area contributed by atoms with Crippen LogP contribution in [0.5, 0.6) is 0 Å². The molecule has 0 aliphatic carbocycles. The Bertz CT molecular complexity index is 1000. The second-order valence-electron chi connectivity index (χ2n) is 6.45. The van der Waals surface area contributed by atoms with Crippen LogP contribution >= 0.6 is 23.8 Å². The molecule has 7 nitrogen and oxygen atoms in total. The van der Waals surface area contributed by atoms with Gasteiger partial charge in [-0.25, -0.2) is 4.98 Å². The molecule has 0 spiro atoms. The van der Waals surface area contributed by atoms with E-state index in [1.807, 2.05) is 6.07 Å². The zero-order valence-electron chi connectivity index (χ0n) is 15.3. The van der Waals surface area contributed by atoms with Crippen LogP contribution in [0.15, 0.2) is 48.2 Å². The second kappa shape index (κ2) is 8.28. The summed E-state index contributed by atoms with van der Waals surface area (Å²) in [6.07, 6.45) is 3.24. The van der Waals surface area contributed by atoms with Crippen molar-refractivity contribution >= 4 is 58.3 Å². The first-order valence-electron chi connectivity index (χ1n) is 8.99. The topological polar surface area (TPSA) is 74.8 Å². The van der Waals surface area contributed by atoms with Crippen molar-refractivity contribution in [3.63, 3.8) is 0 Å². The van der Waals surface area contributed by atoms with Crippen LogP contribution in [0.1, 0.15) is 5.56 Å². The number of thiocarbonyl (C=S) groups is 1. The summed E-state index contributed by atoms with van der Waals surface area (Å²) in [4.78, 5) is 33.5. The molecule has 0 unspecified atom stereocenters. The maximum atomic E-state index is 13.1. The maximum absolute atomic E-state index is 13.1.